The number of halogens is 1. The van der Waals surface area contributed by atoms with Crippen molar-refractivity contribution in [3.05, 3.63) is 63.4 Å². The molecule has 1 amide bonds. The highest BCUT2D eigenvalue weighted by Gasteiger charge is 2.19. The summed E-state index contributed by atoms with van der Waals surface area (Å²) in [5, 5.41) is 8.88. The molecule has 0 saturated heterocycles. The molecular weight excluding hydrogens is 410 g/mol. The molecule has 3 rings (SSSR count). The molecule has 7 nitrogen and oxygen atoms in total. The fraction of sp³-hybridized carbons (Fsp3) is 0.235. The topological polar surface area (TPSA) is 102 Å². The second-order valence-electron chi connectivity index (χ2n) is 5.67. The molecule has 0 bridgehead atoms. The molecule has 0 saturated carbocycles. The molecule has 3 aromatic rings. The molecule has 0 aliphatic rings. The number of nitrogens with one attached hydrogen (secondary N) is 1. The molecule has 0 radical (unpaired) electrons. The van der Waals surface area contributed by atoms with Gasteiger partial charge in [0, 0.05) is 22.7 Å². The molecule has 1 N–H and O–H groups in total. The first-order valence-electron chi connectivity index (χ1n) is 8.01. The molecule has 1 aromatic carbocycles. The van der Waals surface area contributed by atoms with Crippen LogP contribution in [0.3, 0.4) is 0 Å². The summed E-state index contributed by atoms with van der Waals surface area (Å²) in [4.78, 5) is 17.1. The smallest absolute Gasteiger partial charge is 0.227 e. The lowest BCUT2D eigenvalue weighted by molar-refractivity contribution is -0.121. The van der Waals surface area contributed by atoms with Gasteiger partial charge in [-0.1, -0.05) is 22.8 Å². The number of nitrogens with zero attached hydrogens (tertiary/aromatic N) is 2. The molecule has 0 atom stereocenters. The van der Waals surface area contributed by atoms with Crippen LogP contribution in [0.15, 0.2) is 51.2 Å². The third-order valence-electron chi connectivity index (χ3n) is 3.61. The first-order chi connectivity index (χ1) is 12.9. The maximum atomic E-state index is 12.4. The molecule has 0 aliphatic carbocycles. The standard InChI is InChI=1S/C17H16ClN3O4S2/c18-12-3-5-14(6-4-12)27(23,24)11-15-20-17(25-21-15)8-7-16(22)19-10-13-2-1-9-26-13/h1-6,9H,7-8,10-11H2,(H,19,22). The molecular formula is C17H16ClN3O4S2. The lowest BCUT2D eigenvalue weighted by Crippen LogP contribution is -2.22. The Morgan fingerprint density at radius 1 is 1.22 bits per heavy atom. The molecule has 27 heavy (non-hydrogen) atoms. The molecule has 0 fully saturated rings. The second kappa shape index (κ2) is 8.64. The fourth-order valence-electron chi connectivity index (χ4n) is 2.25. The Hall–Kier alpha value is -2.23. The van der Waals surface area contributed by atoms with Crippen molar-refractivity contribution in [2.24, 2.45) is 0 Å². The van der Waals surface area contributed by atoms with E-state index in [0.29, 0.717) is 11.6 Å². The number of aromatic nitrogens is 2. The van der Waals surface area contributed by atoms with E-state index >= 15 is 0 Å². The Kier molecular flexibility index (Phi) is 6.25. The van der Waals surface area contributed by atoms with Crippen LogP contribution < -0.4 is 5.32 Å². The fourth-order valence-corrected chi connectivity index (χ4v) is 4.20. The minimum absolute atomic E-state index is 0.0546. The van der Waals surface area contributed by atoms with Crippen molar-refractivity contribution in [3.8, 4) is 0 Å². The van der Waals surface area contributed by atoms with Gasteiger partial charge in [-0.15, -0.1) is 11.3 Å². The van der Waals surface area contributed by atoms with Gasteiger partial charge in [0.2, 0.25) is 11.8 Å². The summed E-state index contributed by atoms with van der Waals surface area (Å²) in [5.41, 5.74) is 0. The van der Waals surface area contributed by atoms with Crippen LogP contribution in [0.2, 0.25) is 5.02 Å². The van der Waals surface area contributed by atoms with E-state index in [4.69, 9.17) is 16.1 Å². The van der Waals surface area contributed by atoms with Crippen LogP contribution in [0.1, 0.15) is 23.0 Å². The number of amides is 1. The van der Waals surface area contributed by atoms with Gasteiger partial charge in [0.1, 0.15) is 5.75 Å². The molecule has 0 spiro atoms. The Bertz CT molecular complexity index is 999. The van der Waals surface area contributed by atoms with E-state index in [1.165, 1.54) is 24.3 Å². The molecule has 2 aromatic heterocycles. The Morgan fingerprint density at radius 3 is 2.70 bits per heavy atom. The lowest BCUT2D eigenvalue weighted by Gasteiger charge is -2.02. The van der Waals surface area contributed by atoms with Gasteiger partial charge in [-0.3, -0.25) is 4.79 Å². The average molecular weight is 426 g/mol. The number of aryl methyl sites for hydroxylation is 1. The van der Waals surface area contributed by atoms with Crippen LogP contribution in [0.4, 0.5) is 0 Å². The van der Waals surface area contributed by atoms with E-state index in [0.717, 1.165) is 4.88 Å². The van der Waals surface area contributed by atoms with Crippen molar-refractivity contribution in [3.63, 3.8) is 0 Å². The Labute approximate surface area is 165 Å². The van der Waals surface area contributed by atoms with Crippen LogP contribution in [0, 0.1) is 0 Å². The third-order valence-corrected chi connectivity index (χ3v) is 6.36. The first-order valence-corrected chi connectivity index (χ1v) is 10.9. The number of carbonyl (C=O) groups is 1. The number of carbonyl (C=O) groups excluding carboxylic acids is 1. The predicted molar refractivity (Wildman–Crippen MR) is 101 cm³/mol. The quantitative estimate of drug-likeness (QED) is 0.595. The monoisotopic (exact) mass is 425 g/mol. The molecule has 0 aliphatic heterocycles. The first kappa shape index (κ1) is 19.5. The van der Waals surface area contributed by atoms with Gasteiger partial charge in [0.15, 0.2) is 15.7 Å². The van der Waals surface area contributed by atoms with Crippen LogP contribution in [0.25, 0.3) is 0 Å². The number of thiophene rings is 1. The van der Waals surface area contributed by atoms with Crippen molar-refractivity contribution in [2.45, 2.75) is 30.0 Å². The van der Waals surface area contributed by atoms with E-state index in [1.54, 1.807) is 11.3 Å². The normalized spacial score (nSPS) is 11.4. The summed E-state index contributed by atoms with van der Waals surface area (Å²) in [6.45, 7) is 0.477. The van der Waals surface area contributed by atoms with E-state index in [-0.39, 0.29) is 41.1 Å². The zero-order valence-electron chi connectivity index (χ0n) is 14.1. The molecule has 142 valence electrons. The zero-order valence-corrected chi connectivity index (χ0v) is 16.5. The van der Waals surface area contributed by atoms with Gasteiger partial charge >= 0.3 is 0 Å². The van der Waals surface area contributed by atoms with Crippen LogP contribution >= 0.6 is 22.9 Å². The van der Waals surface area contributed by atoms with Crippen molar-refractivity contribution < 1.29 is 17.7 Å². The zero-order chi connectivity index (χ0) is 19.3. The molecule has 2 heterocycles. The molecule has 10 heteroatoms. The largest absolute Gasteiger partial charge is 0.351 e. The van der Waals surface area contributed by atoms with Gasteiger partial charge < -0.3 is 9.84 Å². The van der Waals surface area contributed by atoms with E-state index in [9.17, 15) is 13.2 Å². The number of benzene rings is 1. The van der Waals surface area contributed by atoms with Gasteiger partial charge in [-0.25, -0.2) is 8.42 Å². The SMILES string of the molecule is O=C(CCc1nc(CS(=O)(=O)c2ccc(Cl)cc2)no1)NCc1cccs1. The summed E-state index contributed by atoms with van der Waals surface area (Å²) in [5.74, 6) is -0.249. The van der Waals surface area contributed by atoms with Gasteiger partial charge in [-0.2, -0.15) is 4.98 Å². The minimum atomic E-state index is -3.60. The van der Waals surface area contributed by atoms with E-state index in [1.807, 2.05) is 17.5 Å². The Morgan fingerprint density at radius 2 is 2.00 bits per heavy atom. The van der Waals surface area contributed by atoms with Crippen LogP contribution in [-0.2, 0) is 33.4 Å². The van der Waals surface area contributed by atoms with Gasteiger partial charge in [-0.05, 0) is 35.7 Å². The summed E-state index contributed by atoms with van der Waals surface area (Å²) in [6.07, 6.45) is 0.418. The van der Waals surface area contributed by atoms with Crippen LogP contribution in [0.5, 0.6) is 0 Å². The van der Waals surface area contributed by atoms with Crippen molar-refractivity contribution in [2.75, 3.05) is 0 Å². The summed E-state index contributed by atoms with van der Waals surface area (Å²) >= 11 is 7.34. The number of rotatable bonds is 8. The number of sulfone groups is 1. The maximum absolute atomic E-state index is 12.4. The van der Waals surface area contributed by atoms with E-state index in [2.05, 4.69) is 15.5 Å². The molecule has 0 unspecified atom stereocenters. The minimum Gasteiger partial charge on any atom is -0.351 e. The van der Waals surface area contributed by atoms with Crippen molar-refractivity contribution in [1.82, 2.24) is 15.5 Å². The second-order valence-corrected chi connectivity index (χ2v) is 9.13. The average Bonchev–Trinajstić information content (AvgIpc) is 3.30. The number of hydrogen-bond acceptors (Lipinski definition) is 7. The van der Waals surface area contributed by atoms with Gasteiger partial charge in [0.25, 0.3) is 0 Å². The van der Waals surface area contributed by atoms with E-state index < -0.39 is 9.84 Å². The highest BCUT2D eigenvalue weighted by atomic mass is 35.5. The third kappa shape index (κ3) is 5.62. The lowest BCUT2D eigenvalue weighted by atomic mass is 10.3. The van der Waals surface area contributed by atoms with Crippen LogP contribution in [-0.4, -0.2) is 24.5 Å². The highest BCUT2D eigenvalue weighted by molar-refractivity contribution is 7.90. The van der Waals surface area contributed by atoms with Crippen molar-refractivity contribution in [1.29, 1.82) is 0 Å². The summed E-state index contributed by atoms with van der Waals surface area (Å²) in [7, 11) is -3.60. The Balaban J connectivity index is 1.52. The van der Waals surface area contributed by atoms with Gasteiger partial charge in [0.05, 0.1) is 11.4 Å². The van der Waals surface area contributed by atoms with Crippen molar-refractivity contribution >= 4 is 38.7 Å². The summed E-state index contributed by atoms with van der Waals surface area (Å²) < 4.78 is 29.8. The maximum Gasteiger partial charge on any atom is 0.227 e. The highest BCUT2D eigenvalue weighted by Crippen LogP contribution is 2.18. The predicted octanol–water partition coefficient (Wildman–Crippen LogP) is 3.01. The summed E-state index contributed by atoms with van der Waals surface area (Å²) in [6, 6.07) is 9.73. The number of hydrogen-bond donors (Lipinski definition) is 1.